The van der Waals surface area contributed by atoms with E-state index in [0.29, 0.717) is 19.0 Å². The van der Waals surface area contributed by atoms with E-state index in [2.05, 4.69) is 13.8 Å². The minimum absolute atomic E-state index is 0.00173. The fourth-order valence-electron chi connectivity index (χ4n) is 4.23. The first kappa shape index (κ1) is 33.9. The number of halogens is 2. The minimum Gasteiger partial charge on any atom is -0.483 e. The summed E-state index contributed by atoms with van der Waals surface area (Å²) in [4.78, 5) is 14.7. The molecule has 3 aromatic rings. The number of carbonyl (C=O) groups is 1. The van der Waals surface area contributed by atoms with Crippen LogP contribution in [0.25, 0.3) is 0 Å². The first-order valence-corrected chi connectivity index (χ1v) is 16.6. The number of alkyl halides is 2. The Morgan fingerprint density at radius 2 is 1.27 bits per heavy atom. The molecule has 4 rings (SSSR count). The van der Waals surface area contributed by atoms with E-state index in [1.54, 1.807) is 38.1 Å². The summed E-state index contributed by atoms with van der Waals surface area (Å²) in [6, 6.07) is 21.3. The van der Waals surface area contributed by atoms with Gasteiger partial charge in [-0.2, -0.15) is 17.2 Å². The SMILES string of the molecule is CC(C)C(=O)Oc1ccc([S+](c2ccc(OC(C)C(F)(F)S(=O)(=O)O)cc2)c2ccc(C3(C)OCC(C)(C)CO3)cc2)cc1. The van der Waals surface area contributed by atoms with Crippen molar-refractivity contribution in [3.05, 3.63) is 78.4 Å². The molecule has 1 aliphatic rings. The van der Waals surface area contributed by atoms with Gasteiger partial charge in [0.2, 0.25) is 0 Å². The average Bonchev–Trinajstić information content (AvgIpc) is 2.96. The molecular weight excluding hydrogens is 614 g/mol. The molecular formula is C32H37F2O8S2+. The van der Waals surface area contributed by atoms with Crippen LogP contribution in [0, 0.1) is 11.3 Å². The van der Waals surface area contributed by atoms with Gasteiger partial charge in [0.15, 0.2) is 26.6 Å². The van der Waals surface area contributed by atoms with Crippen molar-refractivity contribution in [1.29, 1.82) is 0 Å². The lowest BCUT2D eigenvalue weighted by atomic mass is 9.94. The zero-order valence-corrected chi connectivity index (χ0v) is 27.0. The summed E-state index contributed by atoms with van der Waals surface area (Å²) in [6.07, 6.45) is -2.13. The Morgan fingerprint density at radius 3 is 1.70 bits per heavy atom. The second-order valence-electron chi connectivity index (χ2n) is 11.8. The average molecular weight is 652 g/mol. The zero-order chi connectivity index (χ0) is 32.5. The number of rotatable bonds is 10. The van der Waals surface area contributed by atoms with E-state index in [-0.39, 0.29) is 23.1 Å². The maximum atomic E-state index is 14.0. The molecule has 12 heteroatoms. The lowest BCUT2D eigenvalue weighted by Gasteiger charge is -2.41. The van der Waals surface area contributed by atoms with Gasteiger partial charge in [0, 0.05) is 11.0 Å². The van der Waals surface area contributed by atoms with Crippen molar-refractivity contribution in [3.63, 3.8) is 0 Å². The summed E-state index contributed by atoms with van der Waals surface area (Å²) in [5.74, 6) is -1.11. The Labute approximate surface area is 259 Å². The van der Waals surface area contributed by atoms with Gasteiger partial charge in [-0.3, -0.25) is 9.35 Å². The van der Waals surface area contributed by atoms with Crippen molar-refractivity contribution >= 4 is 27.0 Å². The van der Waals surface area contributed by atoms with Crippen LogP contribution < -0.4 is 9.47 Å². The van der Waals surface area contributed by atoms with E-state index in [9.17, 15) is 22.0 Å². The maximum Gasteiger partial charge on any atom is 0.405 e. The molecule has 1 N–H and O–H groups in total. The van der Waals surface area contributed by atoms with E-state index in [4.69, 9.17) is 23.5 Å². The second-order valence-corrected chi connectivity index (χ2v) is 15.4. The van der Waals surface area contributed by atoms with E-state index in [0.717, 1.165) is 27.2 Å². The van der Waals surface area contributed by atoms with E-state index in [1.165, 1.54) is 12.1 Å². The molecule has 238 valence electrons. The second kappa shape index (κ2) is 12.8. The van der Waals surface area contributed by atoms with Crippen molar-refractivity contribution in [2.24, 2.45) is 11.3 Å². The highest BCUT2D eigenvalue weighted by Gasteiger charge is 2.51. The van der Waals surface area contributed by atoms with Gasteiger partial charge in [0.05, 0.1) is 30.0 Å². The monoisotopic (exact) mass is 651 g/mol. The Morgan fingerprint density at radius 1 is 0.841 bits per heavy atom. The largest absolute Gasteiger partial charge is 0.483 e. The number of hydrogen-bond acceptors (Lipinski definition) is 7. The number of hydrogen-bond donors (Lipinski definition) is 1. The normalized spacial score (nSPS) is 18.0. The summed E-state index contributed by atoms with van der Waals surface area (Å²) >= 11 is 0. The number of ether oxygens (including phenoxy) is 4. The Kier molecular flexibility index (Phi) is 9.82. The topological polar surface area (TPSA) is 108 Å². The van der Waals surface area contributed by atoms with Crippen LogP contribution in [0.1, 0.15) is 47.1 Å². The highest BCUT2D eigenvalue weighted by atomic mass is 32.2. The van der Waals surface area contributed by atoms with Crippen LogP contribution in [0.4, 0.5) is 8.78 Å². The molecule has 0 radical (unpaired) electrons. The quantitative estimate of drug-likeness (QED) is 0.110. The first-order chi connectivity index (χ1) is 20.4. The highest BCUT2D eigenvalue weighted by molar-refractivity contribution is 7.97. The van der Waals surface area contributed by atoms with Gasteiger partial charge >= 0.3 is 21.3 Å². The van der Waals surface area contributed by atoms with Crippen molar-refractivity contribution in [3.8, 4) is 11.5 Å². The molecule has 1 aliphatic heterocycles. The lowest BCUT2D eigenvalue weighted by Crippen LogP contribution is -2.43. The molecule has 0 spiro atoms. The van der Waals surface area contributed by atoms with Crippen LogP contribution in [0.5, 0.6) is 11.5 Å². The van der Waals surface area contributed by atoms with Crippen LogP contribution >= 0.6 is 0 Å². The first-order valence-electron chi connectivity index (χ1n) is 14.0. The van der Waals surface area contributed by atoms with Crippen LogP contribution in [-0.4, -0.2) is 43.5 Å². The van der Waals surface area contributed by atoms with Crippen molar-refractivity contribution in [2.45, 2.75) is 73.4 Å². The Hall–Kier alpha value is -3.03. The molecule has 0 aliphatic carbocycles. The third-order valence-electron chi connectivity index (χ3n) is 7.03. The molecule has 44 heavy (non-hydrogen) atoms. The van der Waals surface area contributed by atoms with E-state index in [1.807, 2.05) is 43.3 Å². The molecule has 0 bridgehead atoms. The molecule has 0 aromatic heterocycles. The van der Waals surface area contributed by atoms with Crippen molar-refractivity contribution < 1.29 is 45.5 Å². The Bertz CT molecular complexity index is 1550. The Balaban J connectivity index is 1.65. The summed E-state index contributed by atoms with van der Waals surface area (Å²) in [5.41, 5.74) is 0.770. The maximum absolute atomic E-state index is 14.0. The van der Waals surface area contributed by atoms with Crippen LogP contribution in [0.3, 0.4) is 0 Å². The van der Waals surface area contributed by atoms with Gasteiger partial charge < -0.3 is 18.9 Å². The molecule has 1 fully saturated rings. The molecule has 2 atom stereocenters. The standard InChI is InChI=1S/C32H36F2O8S2/c1-21(2)29(35)42-25-11-17-28(18-12-25)43(26-13-7-23(8-14-26)31(6)39-19-30(4,5)20-40-31)27-15-9-24(10-16-27)41-22(3)32(33,34)44(36,37)38/h7-18,21-22H,19-20H2,1-6H3/p+1. The van der Waals surface area contributed by atoms with Gasteiger partial charge in [-0.15, -0.1) is 0 Å². The molecule has 1 saturated heterocycles. The summed E-state index contributed by atoms with van der Waals surface area (Å²) in [5, 5.41) is -4.49. The molecule has 3 aromatic carbocycles. The lowest BCUT2D eigenvalue weighted by molar-refractivity contribution is -0.298. The number of esters is 1. The fraction of sp³-hybridized carbons (Fsp3) is 0.406. The minimum atomic E-state index is -5.66. The summed E-state index contributed by atoms with van der Waals surface area (Å²) in [7, 11) is -6.36. The summed E-state index contributed by atoms with van der Waals surface area (Å²) < 4.78 is 82.0. The number of benzene rings is 3. The van der Waals surface area contributed by atoms with Gasteiger partial charge in [-0.25, -0.2) is 0 Å². The van der Waals surface area contributed by atoms with Gasteiger partial charge in [-0.05, 0) is 86.6 Å². The third kappa shape index (κ3) is 7.60. The molecule has 8 nitrogen and oxygen atoms in total. The van der Waals surface area contributed by atoms with E-state index < -0.39 is 38.2 Å². The molecule has 0 saturated carbocycles. The van der Waals surface area contributed by atoms with Gasteiger partial charge in [0.1, 0.15) is 11.5 Å². The number of carbonyl (C=O) groups excluding carboxylic acids is 1. The van der Waals surface area contributed by atoms with Crippen LogP contribution in [-0.2, 0) is 41.1 Å². The smallest absolute Gasteiger partial charge is 0.405 e. The predicted molar refractivity (Wildman–Crippen MR) is 162 cm³/mol. The third-order valence-corrected chi connectivity index (χ3v) is 10.3. The molecule has 1 heterocycles. The summed E-state index contributed by atoms with van der Waals surface area (Å²) in [6.45, 7) is 11.5. The van der Waals surface area contributed by atoms with Crippen LogP contribution in [0.2, 0.25) is 0 Å². The molecule has 2 unspecified atom stereocenters. The van der Waals surface area contributed by atoms with Crippen molar-refractivity contribution in [1.82, 2.24) is 0 Å². The van der Waals surface area contributed by atoms with E-state index >= 15 is 0 Å². The van der Waals surface area contributed by atoms with Crippen molar-refractivity contribution in [2.75, 3.05) is 13.2 Å². The molecule has 0 amide bonds. The van der Waals surface area contributed by atoms with Gasteiger partial charge in [0.25, 0.3) is 0 Å². The highest BCUT2D eigenvalue weighted by Crippen LogP contribution is 2.39. The zero-order valence-electron chi connectivity index (χ0n) is 25.4. The van der Waals surface area contributed by atoms with Gasteiger partial charge in [-0.1, -0.05) is 27.7 Å². The van der Waals surface area contributed by atoms with Crippen LogP contribution in [0.15, 0.2) is 87.5 Å². The fourth-order valence-corrected chi connectivity index (χ4v) is 6.74. The predicted octanol–water partition coefficient (Wildman–Crippen LogP) is 6.84.